The average molecular weight is 322 g/mol. The maximum Gasteiger partial charge on any atom is 0.262 e. The molecule has 0 radical (unpaired) electrons. The standard InChI is InChI=1S/C15H16F2N4O2/c16-15(17)3-1-9(2-4-15)21-13-11(6-18-21)14(23)20-12(19-13)10-5-8(10)7-22/h6-10H,1-5H2,(H,19,20,23)/t8-,10+/m1/s1. The summed E-state index contributed by atoms with van der Waals surface area (Å²) in [5, 5.41) is 4.56. The number of nitrogens with one attached hydrogen (secondary N) is 1. The number of hydrogen-bond donors (Lipinski definition) is 1. The lowest BCUT2D eigenvalue weighted by molar-refractivity contribution is -0.108. The van der Waals surface area contributed by atoms with Gasteiger partial charge in [0.05, 0.1) is 12.2 Å². The molecule has 8 heteroatoms. The van der Waals surface area contributed by atoms with E-state index in [0.717, 1.165) is 6.29 Å². The highest BCUT2D eigenvalue weighted by Crippen LogP contribution is 2.44. The second-order valence-corrected chi connectivity index (χ2v) is 6.51. The first-order valence-electron chi connectivity index (χ1n) is 7.79. The second kappa shape index (κ2) is 4.94. The number of aldehydes is 1. The first-order valence-corrected chi connectivity index (χ1v) is 7.79. The number of aromatic amines is 1. The van der Waals surface area contributed by atoms with Gasteiger partial charge in [0.15, 0.2) is 5.65 Å². The van der Waals surface area contributed by atoms with Crippen molar-refractivity contribution in [2.75, 3.05) is 0 Å². The third kappa shape index (κ3) is 2.46. The van der Waals surface area contributed by atoms with Gasteiger partial charge in [-0.1, -0.05) is 0 Å². The van der Waals surface area contributed by atoms with Crippen LogP contribution in [0.5, 0.6) is 0 Å². The summed E-state index contributed by atoms with van der Waals surface area (Å²) >= 11 is 0. The number of aromatic nitrogens is 4. The molecule has 0 aromatic carbocycles. The maximum atomic E-state index is 13.3. The fraction of sp³-hybridized carbons (Fsp3) is 0.600. The van der Waals surface area contributed by atoms with Crippen LogP contribution in [0.2, 0.25) is 0 Å². The summed E-state index contributed by atoms with van der Waals surface area (Å²) < 4.78 is 28.2. The van der Waals surface area contributed by atoms with Crippen molar-refractivity contribution >= 4 is 17.3 Å². The Balaban J connectivity index is 1.71. The molecular weight excluding hydrogens is 306 g/mol. The SMILES string of the molecule is O=C[C@H]1C[C@@H]1c1nc2c(cnn2C2CCC(F)(F)CC2)c(=O)[nH]1. The Hall–Kier alpha value is -2.12. The number of rotatable bonds is 3. The van der Waals surface area contributed by atoms with Crippen molar-refractivity contribution < 1.29 is 13.6 Å². The molecule has 0 saturated heterocycles. The minimum absolute atomic E-state index is 0.0522. The van der Waals surface area contributed by atoms with Crippen LogP contribution in [0.4, 0.5) is 8.78 Å². The zero-order valence-electron chi connectivity index (χ0n) is 12.3. The number of hydrogen-bond acceptors (Lipinski definition) is 4. The molecule has 2 atom stereocenters. The molecule has 2 aromatic rings. The average Bonchev–Trinajstić information content (AvgIpc) is 3.19. The molecular formula is C15H16F2N4O2. The number of fused-ring (bicyclic) bond motifs is 1. The van der Waals surface area contributed by atoms with Crippen LogP contribution in [0.3, 0.4) is 0 Å². The van der Waals surface area contributed by atoms with E-state index < -0.39 is 5.92 Å². The van der Waals surface area contributed by atoms with Crippen LogP contribution >= 0.6 is 0 Å². The maximum absolute atomic E-state index is 13.3. The summed E-state index contributed by atoms with van der Waals surface area (Å²) in [6.07, 6.45) is 3.26. The molecule has 122 valence electrons. The van der Waals surface area contributed by atoms with Gasteiger partial charge < -0.3 is 9.78 Å². The molecule has 2 heterocycles. The van der Waals surface area contributed by atoms with Crippen molar-refractivity contribution in [1.29, 1.82) is 0 Å². The van der Waals surface area contributed by atoms with E-state index in [1.807, 2.05) is 0 Å². The van der Waals surface area contributed by atoms with Crippen molar-refractivity contribution in [3.8, 4) is 0 Å². The Kier molecular flexibility index (Phi) is 3.11. The van der Waals surface area contributed by atoms with Gasteiger partial charge in [0.1, 0.15) is 17.5 Å². The van der Waals surface area contributed by atoms with Crippen LogP contribution in [0.15, 0.2) is 11.0 Å². The number of halogens is 2. The van der Waals surface area contributed by atoms with E-state index in [1.165, 1.54) is 6.20 Å². The van der Waals surface area contributed by atoms with Gasteiger partial charge in [-0.2, -0.15) is 5.10 Å². The van der Waals surface area contributed by atoms with E-state index >= 15 is 0 Å². The number of carbonyl (C=O) groups excluding carboxylic acids is 1. The third-order valence-electron chi connectivity index (χ3n) is 4.88. The smallest absolute Gasteiger partial charge is 0.262 e. The molecule has 6 nitrogen and oxygen atoms in total. The van der Waals surface area contributed by atoms with E-state index in [-0.39, 0.29) is 36.3 Å². The molecule has 1 N–H and O–H groups in total. The van der Waals surface area contributed by atoms with Gasteiger partial charge in [-0.3, -0.25) is 4.79 Å². The van der Waals surface area contributed by atoms with Crippen LogP contribution in [-0.2, 0) is 4.79 Å². The van der Waals surface area contributed by atoms with Crippen LogP contribution in [0, 0.1) is 5.92 Å². The molecule has 23 heavy (non-hydrogen) atoms. The van der Waals surface area contributed by atoms with Gasteiger partial charge >= 0.3 is 0 Å². The predicted octanol–water partition coefficient (Wildman–Crippen LogP) is 2.17. The number of H-pyrrole nitrogens is 1. The molecule has 2 saturated carbocycles. The topological polar surface area (TPSA) is 80.6 Å². The molecule has 0 unspecified atom stereocenters. The molecule has 2 aromatic heterocycles. The van der Waals surface area contributed by atoms with Gasteiger partial charge in [-0.05, 0) is 19.3 Å². The summed E-state index contributed by atoms with van der Waals surface area (Å²) in [6.45, 7) is 0. The molecule has 2 aliphatic carbocycles. The van der Waals surface area contributed by atoms with Crippen molar-refractivity contribution in [1.82, 2.24) is 19.7 Å². The molecule has 0 amide bonds. The fourth-order valence-electron chi connectivity index (χ4n) is 3.34. The third-order valence-corrected chi connectivity index (χ3v) is 4.88. The summed E-state index contributed by atoms with van der Waals surface area (Å²) in [5.41, 5.74) is 0.129. The van der Waals surface area contributed by atoms with Gasteiger partial charge in [0.2, 0.25) is 5.92 Å². The van der Waals surface area contributed by atoms with Gasteiger partial charge in [-0.15, -0.1) is 0 Å². The van der Waals surface area contributed by atoms with Crippen molar-refractivity contribution in [2.24, 2.45) is 5.92 Å². The summed E-state index contributed by atoms with van der Waals surface area (Å²) in [7, 11) is 0. The number of carbonyl (C=O) groups is 1. The Labute approximate surface area is 129 Å². The highest BCUT2D eigenvalue weighted by Gasteiger charge is 2.41. The molecule has 0 spiro atoms. The molecule has 0 bridgehead atoms. The lowest BCUT2D eigenvalue weighted by Gasteiger charge is -2.28. The van der Waals surface area contributed by atoms with Crippen LogP contribution in [0.1, 0.15) is 49.9 Å². The summed E-state index contributed by atoms with van der Waals surface area (Å²) in [4.78, 5) is 30.2. The van der Waals surface area contributed by atoms with Crippen molar-refractivity contribution in [3.63, 3.8) is 0 Å². The first kappa shape index (κ1) is 14.5. The highest BCUT2D eigenvalue weighted by molar-refractivity contribution is 5.73. The Morgan fingerprint density at radius 3 is 2.74 bits per heavy atom. The van der Waals surface area contributed by atoms with Gasteiger partial charge in [-0.25, -0.2) is 18.4 Å². The van der Waals surface area contributed by atoms with E-state index in [2.05, 4.69) is 15.1 Å². The van der Waals surface area contributed by atoms with E-state index in [4.69, 9.17) is 0 Å². The Morgan fingerprint density at radius 1 is 1.35 bits per heavy atom. The lowest BCUT2D eigenvalue weighted by Crippen LogP contribution is -2.27. The van der Waals surface area contributed by atoms with Gasteiger partial charge in [0.25, 0.3) is 5.56 Å². The largest absolute Gasteiger partial charge is 0.310 e. The first-order chi connectivity index (χ1) is 11.0. The lowest BCUT2D eigenvalue weighted by atomic mass is 9.92. The zero-order chi connectivity index (χ0) is 16.2. The molecule has 2 fully saturated rings. The Morgan fingerprint density at radius 2 is 2.09 bits per heavy atom. The quantitative estimate of drug-likeness (QED) is 0.878. The number of nitrogens with zero attached hydrogens (tertiary/aromatic N) is 3. The van der Waals surface area contributed by atoms with Crippen LogP contribution in [0.25, 0.3) is 11.0 Å². The van der Waals surface area contributed by atoms with Crippen LogP contribution < -0.4 is 5.56 Å². The summed E-state index contributed by atoms with van der Waals surface area (Å²) in [5.74, 6) is -2.27. The predicted molar refractivity (Wildman–Crippen MR) is 77.5 cm³/mol. The van der Waals surface area contributed by atoms with Crippen molar-refractivity contribution in [3.05, 3.63) is 22.4 Å². The van der Waals surface area contributed by atoms with E-state index in [9.17, 15) is 18.4 Å². The minimum Gasteiger partial charge on any atom is -0.310 e. The molecule has 2 aliphatic rings. The Bertz CT molecular complexity index is 818. The minimum atomic E-state index is -2.61. The fourth-order valence-corrected chi connectivity index (χ4v) is 3.34. The van der Waals surface area contributed by atoms with Crippen molar-refractivity contribution in [2.45, 2.75) is 50.0 Å². The normalized spacial score (nSPS) is 27.2. The number of alkyl halides is 2. The monoisotopic (exact) mass is 322 g/mol. The highest BCUT2D eigenvalue weighted by atomic mass is 19.3. The van der Waals surface area contributed by atoms with E-state index in [0.29, 0.717) is 36.1 Å². The molecule has 0 aliphatic heterocycles. The van der Waals surface area contributed by atoms with Gasteiger partial charge in [0, 0.05) is 24.7 Å². The van der Waals surface area contributed by atoms with E-state index in [1.54, 1.807) is 4.68 Å². The molecule has 4 rings (SSSR count). The summed E-state index contributed by atoms with van der Waals surface area (Å²) in [6, 6.07) is -0.171. The zero-order valence-corrected chi connectivity index (χ0v) is 12.3. The van der Waals surface area contributed by atoms with Crippen LogP contribution in [-0.4, -0.2) is 32.0 Å². The second-order valence-electron chi connectivity index (χ2n) is 6.51.